The van der Waals surface area contributed by atoms with Gasteiger partial charge in [0.2, 0.25) is 0 Å². The van der Waals surface area contributed by atoms with Crippen molar-refractivity contribution in [1.29, 1.82) is 0 Å². The monoisotopic (exact) mass is 360 g/mol. The van der Waals surface area contributed by atoms with Crippen LogP contribution in [0.15, 0.2) is 66.7 Å². The summed E-state index contributed by atoms with van der Waals surface area (Å²) in [6.45, 7) is 3.02. The third kappa shape index (κ3) is 4.50. The number of hydrogen-bond donors (Lipinski definition) is 0. The average Bonchev–Trinajstić information content (AvgIpc) is 2.68. The first-order valence-corrected chi connectivity index (χ1v) is 9.20. The van der Waals surface area contributed by atoms with Gasteiger partial charge in [-0.05, 0) is 73.6 Å². The van der Waals surface area contributed by atoms with Crippen LogP contribution in [0.2, 0.25) is 0 Å². The fraction of sp³-hybridized carbons (Fsp3) is 0.250. The van der Waals surface area contributed by atoms with Crippen LogP contribution < -0.4 is 9.64 Å². The lowest BCUT2D eigenvalue weighted by Crippen LogP contribution is -2.12. The molecular weight excluding hydrogens is 332 g/mol. The minimum atomic E-state index is 0.923. The van der Waals surface area contributed by atoms with Crippen molar-refractivity contribution in [2.45, 2.75) is 13.5 Å². The third-order valence-corrected chi connectivity index (χ3v) is 4.82. The van der Waals surface area contributed by atoms with Gasteiger partial charge in [-0.1, -0.05) is 36.4 Å². The highest BCUT2D eigenvalue weighted by molar-refractivity contribution is 5.70. The number of benzene rings is 3. The normalized spacial score (nSPS) is 10.9. The molecule has 3 heteroatoms. The lowest BCUT2D eigenvalue weighted by Gasteiger charge is -2.20. The van der Waals surface area contributed by atoms with Crippen LogP contribution in [0.4, 0.5) is 11.4 Å². The molecule has 0 amide bonds. The fourth-order valence-electron chi connectivity index (χ4n) is 3.22. The molecule has 3 rings (SSSR count). The lowest BCUT2D eigenvalue weighted by atomic mass is 10.0. The summed E-state index contributed by atoms with van der Waals surface area (Å²) in [7, 11) is 8.00. The van der Waals surface area contributed by atoms with Crippen molar-refractivity contribution in [2.75, 3.05) is 33.2 Å². The molecule has 0 aliphatic rings. The van der Waals surface area contributed by atoms with Gasteiger partial charge in [-0.25, -0.2) is 0 Å². The fourth-order valence-corrected chi connectivity index (χ4v) is 3.22. The van der Waals surface area contributed by atoms with E-state index < -0.39 is 0 Å². The number of aryl methyl sites for hydroxylation is 1. The molecule has 3 aromatic rings. The van der Waals surface area contributed by atoms with E-state index >= 15 is 0 Å². The SMILES string of the molecule is COc1cc(-c2ccc(N(C)c3ccc(CN(C)C)cc3)cc2)ccc1C. The maximum absolute atomic E-state index is 5.45. The van der Waals surface area contributed by atoms with Crippen LogP contribution in [0, 0.1) is 6.92 Å². The van der Waals surface area contributed by atoms with Crippen molar-refractivity contribution in [2.24, 2.45) is 0 Å². The Hall–Kier alpha value is -2.78. The van der Waals surface area contributed by atoms with Gasteiger partial charge in [0.15, 0.2) is 0 Å². The van der Waals surface area contributed by atoms with E-state index in [9.17, 15) is 0 Å². The molecule has 0 N–H and O–H groups in total. The van der Waals surface area contributed by atoms with Gasteiger partial charge in [0.1, 0.15) is 5.75 Å². The van der Waals surface area contributed by atoms with Gasteiger partial charge in [-0.15, -0.1) is 0 Å². The quantitative estimate of drug-likeness (QED) is 0.577. The van der Waals surface area contributed by atoms with Crippen LogP contribution in [0.3, 0.4) is 0 Å². The Morgan fingerprint density at radius 3 is 1.85 bits per heavy atom. The highest BCUT2D eigenvalue weighted by Crippen LogP contribution is 2.30. The first-order valence-electron chi connectivity index (χ1n) is 9.20. The topological polar surface area (TPSA) is 15.7 Å². The van der Waals surface area contributed by atoms with E-state index in [0.717, 1.165) is 23.5 Å². The van der Waals surface area contributed by atoms with Gasteiger partial charge < -0.3 is 14.5 Å². The van der Waals surface area contributed by atoms with Crippen LogP contribution in [-0.4, -0.2) is 33.2 Å². The second kappa shape index (κ2) is 8.28. The average molecular weight is 361 g/mol. The van der Waals surface area contributed by atoms with E-state index in [1.54, 1.807) is 7.11 Å². The zero-order chi connectivity index (χ0) is 19.4. The summed E-state index contributed by atoms with van der Waals surface area (Å²) in [5.41, 5.74) is 7.17. The van der Waals surface area contributed by atoms with Crippen molar-refractivity contribution in [1.82, 2.24) is 4.90 Å². The number of anilines is 2. The Bertz CT molecular complexity index is 883. The standard InChI is InChI=1S/C24H28N2O/c1-18-6-9-21(16-24(18)27-5)20-10-14-23(15-11-20)26(4)22-12-7-19(8-13-22)17-25(2)3/h6-16H,17H2,1-5H3. The summed E-state index contributed by atoms with van der Waals surface area (Å²) in [5.74, 6) is 0.923. The van der Waals surface area contributed by atoms with Crippen molar-refractivity contribution in [3.8, 4) is 16.9 Å². The highest BCUT2D eigenvalue weighted by Gasteiger charge is 2.07. The maximum atomic E-state index is 5.45. The van der Waals surface area contributed by atoms with E-state index in [-0.39, 0.29) is 0 Å². The summed E-state index contributed by atoms with van der Waals surface area (Å²) in [5, 5.41) is 0. The summed E-state index contributed by atoms with van der Waals surface area (Å²) in [4.78, 5) is 4.39. The molecule has 0 unspecified atom stereocenters. The molecule has 0 aliphatic heterocycles. The van der Waals surface area contributed by atoms with Crippen LogP contribution in [-0.2, 0) is 6.54 Å². The van der Waals surface area contributed by atoms with Crippen LogP contribution in [0.1, 0.15) is 11.1 Å². The van der Waals surface area contributed by atoms with Gasteiger partial charge >= 0.3 is 0 Å². The molecule has 0 heterocycles. The minimum Gasteiger partial charge on any atom is -0.496 e. The number of ether oxygens (including phenoxy) is 1. The molecule has 0 spiro atoms. The Morgan fingerprint density at radius 2 is 1.30 bits per heavy atom. The predicted molar refractivity (Wildman–Crippen MR) is 115 cm³/mol. The summed E-state index contributed by atoms with van der Waals surface area (Å²) in [6, 6.07) is 23.7. The first-order chi connectivity index (χ1) is 13.0. The third-order valence-electron chi connectivity index (χ3n) is 4.82. The molecule has 27 heavy (non-hydrogen) atoms. The van der Waals surface area contributed by atoms with Gasteiger partial charge in [0.25, 0.3) is 0 Å². The predicted octanol–water partition coefficient (Wildman–Crippen LogP) is 5.50. The van der Waals surface area contributed by atoms with Gasteiger partial charge in [0.05, 0.1) is 7.11 Å². The molecule has 140 valence electrons. The minimum absolute atomic E-state index is 0.923. The van der Waals surface area contributed by atoms with Crippen molar-refractivity contribution < 1.29 is 4.74 Å². The second-order valence-electron chi connectivity index (χ2n) is 7.19. The molecule has 0 bridgehead atoms. The van der Waals surface area contributed by atoms with Crippen LogP contribution in [0.5, 0.6) is 5.75 Å². The molecule has 0 saturated heterocycles. The number of rotatable bonds is 6. The highest BCUT2D eigenvalue weighted by atomic mass is 16.5. The molecule has 0 aliphatic carbocycles. The van der Waals surface area contributed by atoms with E-state index in [1.807, 2.05) is 0 Å². The zero-order valence-electron chi connectivity index (χ0n) is 16.9. The van der Waals surface area contributed by atoms with Crippen LogP contribution >= 0.6 is 0 Å². The first kappa shape index (κ1) is 19.0. The Kier molecular flexibility index (Phi) is 5.82. The van der Waals surface area contributed by atoms with Gasteiger partial charge in [-0.2, -0.15) is 0 Å². The Morgan fingerprint density at radius 1 is 0.741 bits per heavy atom. The zero-order valence-corrected chi connectivity index (χ0v) is 16.9. The molecule has 3 nitrogen and oxygen atoms in total. The smallest absolute Gasteiger partial charge is 0.122 e. The van der Waals surface area contributed by atoms with Crippen molar-refractivity contribution >= 4 is 11.4 Å². The molecule has 0 aromatic heterocycles. The van der Waals surface area contributed by atoms with E-state index in [1.165, 1.54) is 22.4 Å². The van der Waals surface area contributed by atoms with E-state index in [4.69, 9.17) is 4.74 Å². The molecular formula is C24H28N2O. The lowest BCUT2D eigenvalue weighted by molar-refractivity contribution is 0.402. The number of methoxy groups -OCH3 is 1. The summed E-state index contributed by atoms with van der Waals surface area (Å²) in [6.07, 6.45) is 0. The molecule has 0 radical (unpaired) electrons. The Labute approximate surface area is 162 Å². The van der Waals surface area contributed by atoms with Gasteiger partial charge in [0, 0.05) is 25.0 Å². The van der Waals surface area contributed by atoms with Crippen LogP contribution in [0.25, 0.3) is 11.1 Å². The van der Waals surface area contributed by atoms with Crippen molar-refractivity contribution in [3.05, 3.63) is 77.9 Å². The van der Waals surface area contributed by atoms with Gasteiger partial charge in [-0.3, -0.25) is 0 Å². The number of hydrogen-bond acceptors (Lipinski definition) is 3. The molecule has 0 saturated carbocycles. The van der Waals surface area contributed by atoms with E-state index in [2.05, 4.69) is 105 Å². The molecule has 0 fully saturated rings. The number of nitrogens with zero attached hydrogens (tertiary/aromatic N) is 2. The van der Waals surface area contributed by atoms with E-state index in [0.29, 0.717) is 0 Å². The molecule has 0 atom stereocenters. The Balaban J connectivity index is 1.78. The van der Waals surface area contributed by atoms with Crippen molar-refractivity contribution in [3.63, 3.8) is 0 Å². The second-order valence-corrected chi connectivity index (χ2v) is 7.19. The maximum Gasteiger partial charge on any atom is 0.122 e. The summed E-state index contributed by atoms with van der Waals surface area (Å²) >= 11 is 0. The largest absolute Gasteiger partial charge is 0.496 e. The summed E-state index contributed by atoms with van der Waals surface area (Å²) < 4.78 is 5.45. The molecule has 3 aromatic carbocycles.